The summed E-state index contributed by atoms with van der Waals surface area (Å²) >= 11 is 0. The fraction of sp³-hybridized carbons (Fsp3) is 1.00. The second kappa shape index (κ2) is 2.43. The summed E-state index contributed by atoms with van der Waals surface area (Å²) in [4.78, 5) is 0. The maximum atomic E-state index is 12.8. The van der Waals surface area contributed by atoms with E-state index in [0.29, 0.717) is 11.8 Å². The fourth-order valence-corrected chi connectivity index (χ4v) is 2.18. The van der Waals surface area contributed by atoms with E-state index in [2.05, 4.69) is 0 Å². The van der Waals surface area contributed by atoms with E-state index in [1.54, 1.807) is 0 Å². The van der Waals surface area contributed by atoms with Gasteiger partial charge < -0.3 is 0 Å². The molecule has 1 atom stereocenters. The van der Waals surface area contributed by atoms with Crippen LogP contribution in [-0.4, -0.2) is 5.92 Å². The standard InChI is InChI=1S/C9H14F2/c10-9(11)5-1-2-8(6-9)7-3-4-7/h7-8H,1-6H2. The average Bonchev–Trinajstić information content (AvgIpc) is 2.65. The predicted molar refractivity (Wildman–Crippen MR) is 39.6 cm³/mol. The molecule has 0 bridgehead atoms. The number of alkyl halides is 2. The van der Waals surface area contributed by atoms with Crippen LogP contribution in [0.1, 0.15) is 38.5 Å². The monoisotopic (exact) mass is 160 g/mol. The molecule has 2 saturated carbocycles. The van der Waals surface area contributed by atoms with Crippen molar-refractivity contribution < 1.29 is 8.78 Å². The van der Waals surface area contributed by atoms with Crippen molar-refractivity contribution in [2.45, 2.75) is 44.4 Å². The Morgan fingerprint density at radius 1 is 1.00 bits per heavy atom. The van der Waals surface area contributed by atoms with Gasteiger partial charge in [-0.2, -0.15) is 0 Å². The van der Waals surface area contributed by atoms with E-state index in [-0.39, 0.29) is 12.8 Å². The Hall–Kier alpha value is -0.140. The lowest BCUT2D eigenvalue weighted by atomic mass is 9.83. The zero-order valence-electron chi connectivity index (χ0n) is 6.65. The summed E-state index contributed by atoms with van der Waals surface area (Å²) in [5, 5.41) is 0. The molecule has 2 aliphatic carbocycles. The largest absolute Gasteiger partial charge is 0.248 e. The van der Waals surface area contributed by atoms with Gasteiger partial charge in [-0.05, 0) is 37.5 Å². The molecule has 0 aliphatic heterocycles. The zero-order chi connectivity index (χ0) is 7.90. The van der Waals surface area contributed by atoms with Crippen LogP contribution >= 0.6 is 0 Å². The van der Waals surface area contributed by atoms with Gasteiger partial charge in [0.05, 0.1) is 0 Å². The van der Waals surface area contributed by atoms with Crippen LogP contribution in [0.5, 0.6) is 0 Å². The summed E-state index contributed by atoms with van der Waals surface area (Å²) < 4.78 is 25.7. The van der Waals surface area contributed by atoms with Gasteiger partial charge in [-0.25, -0.2) is 8.78 Å². The van der Waals surface area contributed by atoms with Gasteiger partial charge >= 0.3 is 0 Å². The maximum absolute atomic E-state index is 12.8. The molecule has 2 fully saturated rings. The Balaban J connectivity index is 1.92. The minimum absolute atomic E-state index is 0.135. The molecule has 0 radical (unpaired) electrons. The van der Waals surface area contributed by atoms with Crippen molar-refractivity contribution in [3.8, 4) is 0 Å². The van der Waals surface area contributed by atoms with Gasteiger partial charge in [0.15, 0.2) is 0 Å². The minimum atomic E-state index is -2.33. The molecule has 0 nitrogen and oxygen atoms in total. The van der Waals surface area contributed by atoms with Crippen LogP contribution in [0.2, 0.25) is 0 Å². The molecule has 1 unspecified atom stereocenters. The predicted octanol–water partition coefficient (Wildman–Crippen LogP) is 3.22. The first kappa shape index (κ1) is 7.51. The van der Waals surface area contributed by atoms with Gasteiger partial charge in [-0.3, -0.25) is 0 Å². The highest BCUT2D eigenvalue weighted by Gasteiger charge is 2.42. The molecule has 2 aliphatic rings. The number of halogens is 2. The quantitative estimate of drug-likeness (QED) is 0.552. The second-order valence-electron chi connectivity index (χ2n) is 4.05. The van der Waals surface area contributed by atoms with E-state index in [9.17, 15) is 8.78 Å². The highest BCUT2D eigenvalue weighted by atomic mass is 19.3. The van der Waals surface area contributed by atoms with Gasteiger partial charge in [-0.15, -0.1) is 0 Å². The smallest absolute Gasteiger partial charge is 0.207 e. The van der Waals surface area contributed by atoms with Gasteiger partial charge in [0.25, 0.3) is 0 Å². The van der Waals surface area contributed by atoms with E-state index < -0.39 is 5.92 Å². The van der Waals surface area contributed by atoms with E-state index in [1.165, 1.54) is 12.8 Å². The molecule has 0 saturated heterocycles. The SMILES string of the molecule is FC1(F)CCCC(C2CC2)C1. The van der Waals surface area contributed by atoms with Crippen LogP contribution in [0.3, 0.4) is 0 Å². The molecule has 0 N–H and O–H groups in total. The normalized spacial score (nSPS) is 37.1. The van der Waals surface area contributed by atoms with Crippen molar-refractivity contribution >= 4 is 0 Å². The molecular weight excluding hydrogens is 146 g/mol. The molecule has 0 spiro atoms. The van der Waals surface area contributed by atoms with Crippen LogP contribution in [0, 0.1) is 11.8 Å². The lowest BCUT2D eigenvalue weighted by Crippen LogP contribution is -2.26. The number of hydrogen-bond acceptors (Lipinski definition) is 0. The zero-order valence-corrected chi connectivity index (χ0v) is 6.65. The third-order valence-electron chi connectivity index (χ3n) is 2.97. The molecule has 0 amide bonds. The third-order valence-corrected chi connectivity index (χ3v) is 2.97. The lowest BCUT2D eigenvalue weighted by molar-refractivity contribution is -0.0558. The summed E-state index contributed by atoms with van der Waals surface area (Å²) in [5.41, 5.74) is 0. The Morgan fingerprint density at radius 3 is 2.27 bits per heavy atom. The molecule has 2 rings (SSSR count). The molecule has 2 heteroatoms. The van der Waals surface area contributed by atoms with Crippen molar-refractivity contribution in [2.75, 3.05) is 0 Å². The van der Waals surface area contributed by atoms with Crippen LogP contribution < -0.4 is 0 Å². The molecule has 11 heavy (non-hydrogen) atoms. The van der Waals surface area contributed by atoms with E-state index in [0.717, 1.165) is 12.8 Å². The van der Waals surface area contributed by atoms with Crippen LogP contribution in [0.25, 0.3) is 0 Å². The van der Waals surface area contributed by atoms with Crippen LogP contribution in [0.4, 0.5) is 8.78 Å². The van der Waals surface area contributed by atoms with Gasteiger partial charge in [0, 0.05) is 12.8 Å². The number of hydrogen-bond donors (Lipinski definition) is 0. The van der Waals surface area contributed by atoms with Crippen molar-refractivity contribution in [1.29, 1.82) is 0 Å². The summed E-state index contributed by atoms with van der Waals surface area (Å²) in [6.07, 6.45) is 4.53. The average molecular weight is 160 g/mol. The minimum Gasteiger partial charge on any atom is -0.207 e. The summed E-state index contributed by atoms with van der Waals surface area (Å²) in [6, 6.07) is 0. The highest BCUT2D eigenvalue weighted by molar-refractivity contribution is 4.88. The molecule has 0 heterocycles. The molecular formula is C9H14F2. The van der Waals surface area contributed by atoms with Gasteiger partial charge in [0.1, 0.15) is 0 Å². The summed E-state index contributed by atoms with van der Waals surface area (Å²) in [7, 11) is 0. The Kier molecular flexibility index (Phi) is 1.66. The molecule has 64 valence electrons. The van der Waals surface area contributed by atoms with Crippen molar-refractivity contribution in [1.82, 2.24) is 0 Å². The first-order valence-corrected chi connectivity index (χ1v) is 4.55. The fourth-order valence-electron chi connectivity index (χ4n) is 2.18. The second-order valence-corrected chi connectivity index (χ2v) is 4.05. The van der Waals surface area contributed by atoms with Crippen molar-refractivity contribution in [3.63, 3.8) is 0 Å². The topological polar surface area (TPSA) is 0 Å². The van der Waals surface area contributed by atoms with Crippen molar-refractivity contribution in [3.05, 3.63) is 0 Å². The molecule has 0 aromatic rings. The van der Waals surface area contributed by atoms with E-state index in [1.807, 2.05) is 0 Å². The Morgan fingerprint density at radius 2 is 1.73 bits per heavy atom. The Bertz CT molecular complexity index is 150. The molecule has 0 aromatic carbocycles. The van der Waals surface area contributed by atoms with Crippen LogP contribution in [-0.2, 0) is 0 Å². The first-order valence-electron chi connectivity index (χ1n) is 4.55. The maximum Gasteiger partial charge on any atom is 0.248 e. The number of rotatable bonds is 1. The van der Waals surface area contributed by atoms with Crippen LogP contribution in [0.15, 0.2) is 0 Å². The molecule has 0 aromatic heterocycles. The van der Waals surface area contributed by atoms with Gasteiger partial charge in [0.2, 0.25) is 5.92 Å². The summed E-state index contributed by atoms with van der Waals surface area (Å²) in [6.45, 7) is 0. The third kappa shape index (κ3) is 1.71. The van der Waals surface area contributed by atoms with E-state index in [4.69, 9.17) is 0 Å². The summed E-state index contributed by atoms with van der Waals surface area (Å²) in [5.74, 6) is -1.30. The van der Waals surface area contributed by atoms with Gasteiger partial charge in [-0.1, -0.05) is 0 Å². The first-order chi connectivity index (χ1) is 5.17. The van der Waals surface area contributed by atoms with Crippen molar-refractivity contribution in [2.24, 2.45) is 11.8 Å². The lowest BCUT2D eigenvalue weighted by Gasteiger charge is -2.28. The van der Waals surface area contributed by atoms with E-state index >= 15 is 0 Å². The highest BCUT2D eigenvalue weighted by Crippen LogP contribution is 2.47. The Labute approximate surface area is 66.0 Å².